The van der Waals surface area contributed by atoms with Crippen LogP contribution in [0.15, 0.2) is 36.4 Å². The van der Waals surface area contributed by atoms with Crippen molar-refractivity contribution in [1.82, 2.24) is 14.9 Å². The Morgan fingerprint density at radius 3 is 2.52 bits per heavy atom. The van der Waals surface area contributed by atoms with Crippen molar-refractivity contribution in [2.45, 2.75) is 6.92 Å². The molecule has 0 atom stereocenters. The van der Waals surface area contributed by atoms with E-state index in [1.54, 1.807) is 11.3 Å². The lowest BCUT2D eigenvalue weighted by molar-refractivity contribution is 0.0751. The molecule has 2 aromatic heterocycles. The van der Waals surface area contributed by atoms with Crippen molar-refractivity contribution < 1.29 is 4.79 Å². The Balaban J connectivity index is 1.46. The van der Waals surface area contributed by atoms with Gasteiger partial charge < -0.3 is 14.7 Å². The van der Waals surface area contributed by atoms with Crippen molar-refractivity contribution in [3.63, 3.8) is 0 Å². The van der Waals surface area contributed by atoms with Crippen LogP contribution in [0.3, 0.4) is 0 Å². The monoisotopic (exact) mass is 381 g/mol. The van der Waals surface area contributed by atoms with Crippen LogP contribution in [-0.4, -0.2) is 61.0 Å². The number of benzene rings is 1. The molecular weight excluding hydrogens is 358 g/mol. The van der Waals surface area contributed by atoms with Crippen LogP contribution in [0.25, 0.3) is 10.1 Å². The lowest BCUT2D eigenvalue weighted by Crippen LogP contribution is -2.49. The number of hydrogen-bond donors (Lipinski definition) is 0. The van der Waals surface area contributed by atoms with Gasteiger partial charge in [0.2, 0.25) is 0 Å². The third-order valence-electron chi connectivity index (χ3n) is 4.80. The van der Waals surface area contributed by atoms with Gasteiger partial charge in [0.05, 0.1) is 4.88 Å². The van der Waals surface area contributed by atoms with Crippen LogP contribution in [-0.2, 0) is 0 Å². The molecule has 0 saturated carbocycles. The predicted octanol–water partition coefficient (Wildman–Crippen LogP) is 3.03. The van der Waals surface area contributed by atoms with E-state index in [1.807, 2.05) is 55.1 Å². The Hall–Kier alpha value is -2.67. The number of carbonyl (C=O) groups excluding carboxylic acids is 1. The first kappa shape index (κ1) is 17.7. The summed E-state index contributed by atoms with van der Waals surface area (Å²) in [4.78, 5) is 28.9. The molecule has 0 spiro atoms. The standard InChI is InChI=1S/C20H23N5OS/c1-14-21-18(23(2)3)13-19(22-14)24-8-10-25(11-9-24)20(26)17-12-15-6-4-5-7-16(15)27-17/h4-7,12-13H,8-11H2,1-3H3. The van der Waals surface area contributed by atoms with E-state index in [1.165, 1.54) is 0 Å². The highest BCUT2D eigenvalue weighted by atomic mass is 32.1. The first-order valence-corrected chi connectivity index (χ1v) is 9.89. The van der Waals surface area contributed by atoms with Gasteiger partial charge in [-0.15, -0.1) is 11.3 Å². The van der Waals surface area contributed by atoms with E-state index in [2.05, 4.69) is 27.0 Å². The van der Waals surface area contributed by atoms with E-state index in [9.17, 15) is 4.79 Å². The summed E-state index contributed by atoms with van der Waals surface area (Å²) in [6, 6.07) is 12.2. The molecule has 0 radical (unpaired) electrons. The maximum Gasteiger partial charge on any atom is 0.264 e. The number of carbonyl (C=O) groups is 1. The van der Waals surface area contributed by atoms with Crippen molar-refractivity contribution in [3.8, 4) is 0 Å². The van der Waals surface area contributed by atoms with Gasteiger partial charge in [-0.25, -0.2) is 9.97 Å². The number of piperazine rings is 1. The van der Waals surface area contributed by atoms with Gasteiger partial charge in [-0.2, -0.15) is 0 Å². The van der Waals surface area contributed by atoms with E-state index in [0.717, 1.165) is 45.5 Å². The summed E-state index contributed by atoms with van der Waals surface area (Å²) in [5.74, 6) is 2.73. The number of anilines is 2. The topological polar surface area (TPSA) is 52.6 Å². The van der Waals surface area contributed by atoms with Crippen LogP contribution in [0, 0.1) is 6.92 Å². The summed E-state index contributed by atoms with van der Waals surface area (Å²) in [6.45, 7) is 4.87. The number of amides is 1. The zero-order chi connectivity index (χ0) is 19.0. The first-order chi connectivity index (χ1) is 13.0. The van der Waals surface area contributed by atoms with Gasteiger partial charge in [-0.05, 0) is 24.4 Å². The van der Waals surface area contributed by atoms with E-state index in [0.29, 0.717) is 13.1 Å². The molecule has 0 bridgehead atoms. The molecular formula is C20H23N5OS. The molecule has 1 saturated heterocycles. The number of hydrogen-bond acceptors (Lipinski definition) is 6. The number of aryl methyl sites for hydroxylation is 1. The van der Waals surface area contributed by atoms with Crippen LogP contribution in [0.5, 0.6) is 0 Å². The second kappa shape index (κ2) is 7.15. The molecule has 1 aromatic carbocycles. The smallest absolute Gasteiger partial charge is 0.264 e. The molecule has 1 aliphatic rings. The van der Waals surface area contributed by atoms with Gasteiger partial charge in [0.25, 0.3) is 5.91 Å². The Kier molecular flexibility index (Phi) is 4.70. The lowest BCUT2D eigenvalue weighted by Gasteiger charge is -2.35. The van der Waals surface area contributed by atoms with Crippen LogP contribution in [0.2, 0.25) is 0 Å². The molecule has 3 aromatic rings. The maximum atomic E-state index is 12.9. The van der Waals surface area contributed by atoms with E-state index < -0.39 is 0 Å². The molecule has 4 rings (SSSR count). The van der Waals surface area contributed by atoms with Crippen molar-refractivity contribution in [1.29, 1.82) is 0 Å². The molecule has 0 N–H and O–H groups in total. The number of thiophene rings is 1. The molecule has 1 aliphatic heterocycles. The van der Waals surface area contributed by atoms with Crippen molar-refractivity contribution in [2.24, 2.45) is 0 Å². The predicted molar refractivity (Wildman–Crippen MR) is 111 cm³/mol. The molecule has 0 aliphatic carbocycles. The normalized spacial score (nSPS) is 14.6. The molecule has 1 fully saturated rings. The van der Waals surface area contributed by atoms with E-state index in [4.69, 9.17) is 0 Å². The Morgan fingerprint density at radius 2 is 1.81 bits per heavy atom. The van der Waals surface area contributed by atoms with Gasteiger partial charge in [0.15, 0.2) is 0 Å². The molecule has 3 heterocycles. The zero-order valence-corrected chi connectivity index (χ0v) is 16.7. The minimum atomic E-state index is 0.128. The average molecular weight is 382 g/mol. The molecule has 0 unspecified atom stereocenters. The first-order valence-electron chi connectivity index (χ1n) is 9.07. The van der Waals surface area contributed by atoms with Gasteiger partial charge in [-0.1, -0.05) is 18.2 Å². The Morgan fingerprint density at radius 1 is 1.07 bits per heavy atom. The highest BCUT2D eigenvalue weighted by molar-refractivity contribution is 7.20. The minimum absolute atomic E-state index is 0.128. The number of rotatable bonds is 3. The molecule has 27 heavy (non-hydrogen) atoms. The molecule has 1 amide bonds. The molecule has 6 nitrogen and oxygen atoms in total. The van der Waals surface area contributed by atoms with Crippen molar-refractivity contribution >= 4 is 39.0 Å². The number of nitrogens with zero attached hydrogens (tertiary/aromatic N) is 5. The minimum Gasteiger partial charge on any atom is -0.363 e. The van der Waals surface area contributed by atoms with Gasteiger partial charge in [0.1, 0.15) is 17.5 Å². The second-order valence-electron chi connectivity index (χ2n) is 6.95. The summed E-state index contributed by atoms with van der Waals surface area (Å²) in [6.07, 6.45) is 0. The van der Waals surface area contributed by atoms with Gasteiger partial charge in [-0.3, -0.25) is 4.79 Å². The van der Waals surface area contributed by atoms with Crippen LogP contribution in [0.4, 0.5) is 11.6 Å². The number of fused-ring (bicyclic) bond motifs is 1. The van der Waals surface area contributed by atoms with E-state index >= 15 is 0 Å². The zero-order valence-electron chi connectivity index (χ0n) is 15.8. The molecule has 140 valence electrons. The van der Waals surface area contributed by atoms with Crippen LogP contribution >= 0.6 is 11.3 Å². The fourth-order valence-electron chi connectivity index (χ4n) is 3.31. The second-order valence-corrected chi connectivity index (χ2v) is 8.04. The fourth-order valence-corrected chi connectivity index (χ4v) is 4.34. The van der Waals surface area contributed by atoms with E-state index in [-0.39, 0.29) is 5.91 Å². The summed E-state index contributed by atoms with van der Waals surface area (Å²) in [7, 11) is 3.96. The quantitative estimate of drug-likeness (QED) is 0.698. The average Bonchev–Trinajstić information content (AvgIpc) is 3.11. The maximum absolute atomic E-state index is 12.9. The van der Waals surface area contributed by atoms with Gasteiger partial charge >= 0.3 is 0 Å². The number of aromatic nitrogens is 2. The van der Waals surface area contributed by atoms with Crippen molar-refractivity contribution in [2.75, 3.05) is 50.1 Å². The molecule has 7 heteroatoms. The summed E-state index contributed by atoms with van der Waals surface area (Å²) >= 11 is 1.57. The van der Waals surface area contributed by atoms with Gasteiger partial charge in [0, 0.05) is 51.0 Å². The van der Waals surface area contributed by atoms with Crippen LogP contribution in [0.1, 0.15) is 15.5 Å². The SMILES string of the molecule is Cc1nc(N(C)C)cc(N2CCN(C(=O)c3cc4ccccc4s3)CC2)n1. The third kappa shape index (κ3) is 3.60. The fraction of sp³-hybridized carbons (Fsp3) is 0.350. The largest absolute Gasteiger partial charge is 0.363 e. The summed E-state index contributed by atoms with van der Waals surface area (Å²) in [5.41, 5.74) is 0. The highest BCUT2D eigenvalue weighted by Crippen LogP contribution is 2.27. The third-order valence-corrected chi connectivity index (χ3v) is 5.90. The Bertz CT molecular complexity index is 942. The Labute approximate surface area is 163 Å². The highest BCUT2D eigenvalue weighted by Gasteiger charge is 2.24. The summed E-state index contributed by atoms with van der Waals surface area (Å²) in [5, 5.41) is 1.14. The summed E-state index contributed by atoms with van der Waals surface area (Å²) < 4.78 is 1.16. The lowest BCUT2D eigenvalue weighted by atomic mass is 10.2. The van der Waals surface area contributed by atoms with Crippen molar-refractivity contribution in [3.05, 3.63) is 47.1 Å². The van der Waals surface area contributed by atoms with Crippen LogP contribution < -0.4 is 9.80 Å².